The van der Waals surface area contributed by atoms with Crippen molar-refractivity contribution in [3.63, 3.8) is 0 Å². The van der Waals surface area contributed by atoms with E-state index in [0.717, 1.165) is 5.92 Å². The zero-order valence-electron chi connectivity index (χ0n) is 12.0. The van der Waals surface area contributed by atoms with Gasteiger partial charge in [-0.15, -0.1) is 0 Å². The summed E-state index contributed by atoms with van der Waals surface area (Å²) >= 11 is 0. The molecule has 4 atom stereocenters. The van der Waals surface area contributed by atoms with Crippen molar-refractivity contribution in [1.29, 1.82) is 0 Å². The maximum absolute atomic E-state index is 5.91. The lowest BCUT2D eigenvalue weighted by Gasteiger charge is -2.55. The molecule has 2 saturated carbocycles. The van der Waals surface area contributed by atoms with Gasteiger partial charge in [0.05, 0.1) is 5.60 Å². The van der Waals surface area contributed by atoms with Crippen LogP contribution in [0.2, 0.25) is 0 Å². The van der Waals surface area contributed by atoms with E-state index in [1.54, 1.807) is 0 Å². The molecule has 0 spiro atoms. The molecule has 2 aliphatic carbocycles. The number of hydrogen-bond donors (Lipinski definition) is 0. The number of methoxy groups -OCH3 is 1. The molecule has 0 heterocycles. The Labute approximate surface area is 107 Å². The maximum atomic E-state index is 5.91. The average molecular weight is 236 g/mol. The molecule has 0 aromatic heterocycles. The minimum atomic E-state index is 0.0983. The monoisotopic (exact) mass is 236 g/mol. The second kappa shape index (κ2) is 4.42. The van der Waals surface area contributed by atoms with Gasteiger partial charge in [0.1, 0.15) is 0 Å². The minimum absolute atomic E-state index is 0.0983. The molecule has 4 unspecified atom stereocenters. The topological polar surface area (TPSA) is 9.23 Å². The Bertz CT molecular complexity index is 299. The summed E-state index contributed by atoms with van der Waals surface area (Å²) in [5, 5.41) is 0. The first kappa shape index (κ1) is 13.1. The van der Waals surface area contributed by atoms with Gasteiger partial charge < -0.3 is 4.74 Å². The summed E-state index contributed by atoms with van der Waals surface area (Å²) in [4.78, 5) is 0. The summed E-state index contributed by atoms with van der Waals surface area (Å²) in [6, 6.07) is 0. The molecule has 0 bridgehead atoms. The molecule has 0 saturated heterocycles. The van der Waals surface area contributed by atoms with Gasteiger partial charge in [-0.3, -0.25) is 0 Å². The molecule has 0 aliphatic heterocycles. The second-order valence-corrected chi connectivity index (χ2v) is 6.89. The van der Waals surface area contributed by atoms with Crippen molar-refractivity contribution in [2.45, 2.75) is 64.9 Å². The van der Waals surface area contributed by atoms with Crippen molar-refractivity contribution < 1.29 is 4.74 Å². The Morgan fingerprint density at radius 2 is 1.94 bits per heavy atom. The van der Waals surface area contributed by atoms with Crippen molar-refractivity contribution in [1.82, 2.24) is 0 Å². The van der Waals surface area contributed by atoms with Gasteiger partial charge in [-0.1, -0.05) is 25.5 Å². The highest BCUT2D eigenvalue weighted by molar-refractivity contribution is 5.08. The van der Waals surface area contributed by atoms with Gasteiger partial charge in [-0.25, -0.2) is 0 Å². The summed E-state index contributed by atoms with van der Waals surface area (Å²) in [5.74, 6) is 1.44. The standard InChI is InChI=1S/C16H28O/c1-12(2)13-7-10-15(3)8-6-9-16(4,17-5)14(15)11-13/h13-14H,1,6-11H2,2-5H3. The summed E-state index contributed by atoms with van der Waals surface area (Å²) < 4.78 is 5.91. The molecule has 98 valence electrons. The van der Waals surface area contributed by atoms with E-state index in [0.29, 0.717) is 11.3 Å². The highest BCUT2D eigenvalue weighted by Gasteiger charge is 2.51. The number of ether oxygens (including phenoxy) is 1. The Balaban J connectivity index is 2.23. The predicted molar refractivity (Wildman–Crippen MR) is 73.0 cm³/mol. The zero-order valence-corrected chi connectivity index (χ0v) is 12.0. The molecule has 0 aromatic carbocycles. The van der Waals surface area contributed by atoms with Crippen molar-refractivity contribution in [3.05, 3.63) is 12.2 Å². The predicted octanol–water partition coefficient (Wildman–Crippen LogP) is 4.57. The molecule has 1 heteroatoms. The summed E-state index contributed by atoms with van der Waals surface area (Å²) in [6.45, 7) is 11.2. The van der Waals surface area contributed by atoms with Crippen molar-refractivity contribution >= 4 is 0 Å². The molecule has 0 radical (unpaired) electrons. The van der Waals surface area contributed by atoms with Crippen LogP contribution in [-0.2, 0) is 4.74 Å². The highest BCUT2D eigenvalue weighted by Crippen LogP contribution is 2.57. The van der Waals surface area contributed by atoms with Gasteiger partial charge >= 0.3 is 0 Å². The Morgan fingerprint density at radius 3 is 2.53 bits per heavy atom. The van der Waals surface area contributed by atoms with E-state index in [1.807, 2.05) is 7.11 Å². The van der Waals surface area contributed by atoms with E-state index >= 15 is 0 Å². The second-order valence-electron chi connectivity index (χ2n) is 6.89. The van der Waals surface area contributed by atoms with Gasteiger partial charge in [0.2, 0.25) is 0 Å². The zero-order chi connectivity index (χ0) is 12.7. The van der Waals surface area contributed by atoms with E-state index in [1.165, 1.54) is 44.1 Å². The van der Waals surface area contributed by atoms with E-state index in [-0.39, 0.29) is 5.60 Å². The van der Waals surface area contributed by atoms with Crippen LogP contribution in [0.1, 0.15) is 59.3 Å². The molecule has 0 amide bonds. The number of hydrogen-bond acceptors (Lipinski definition) is 1. The third-order valence-electron chi connectivity index (χ3n) is 5.75. The van der Waals surface area contributed by atoms with Gasteiger partial charge in [0, 0.05) is 7.11 Å². The van der Waals surface area contributed by atoms with Crippen LogP contribution in [0.15, 0.2) is 12.2 Å². The van der Waals surface area contributed by atoms with E-state index in [2.05, 4.69) is 27.4 Å². The van der Waals surface area contributed by atoms with Crippen molar-refractivity contribution in [2.24, 2.45) is 17.3 Å². The van der Waals surface area contributed by atoms with Crippen molar-refractivity contribution in [2.75, 3.05) is 7.11 Å². The SMILES string of the molecule is C=C(C)C1CCC2(C)CCCC(C)(OC)C2C1. The van der Waals surface area contributed by atoms with Gasteiger partial charge in [-0.05, 0) is 63.2 Å². The van der Waals surface area contributed by atoms with Crippen LogP contribution in [-0.4, -0.2) is 12.7 Å². The molecular weight excluding hydrogens is 208 g/mol. The summed E-state index contributed by atoms with van der Waals surface area (Å²) in [7, 11) is 1.90. The third kappa shape index (κ3) is 2.19. The molecule has 2 fully saturated rings. The lowest BCUT2D eigenvalue weighted by Crippen LogP contribution is -2.52. The Morgan fingerprint density at radius 1 is 1.24 bits per heavy atom. The normalized spacial score (nSPS) is 46.4. The first-order valence-electron chi connectivity index (χ1n) is 7.12. The smallest absolute Gasteiger partial charge is 0.0684 e. The van der Waals surface area contributed by atoms with Crippen LogP contribution in [0.5, 0.6) is 0 Å². The van der Waals surface area contributed by atoms with Gasteiger partial charge in [0.25, 0.3) is 0 Å². The lowest BCUT2D eigenvalue weighted by atomic mass is 9.53. The average Bonchev–Trinajstić information content (AvgIpc) is 2.28. The highest BCUT2D eigenvalue weighted by atomic mass is 16.5. The molecule has 0 N–H and O–H groups in total. The van der Waals surface area contributed by atoms with Crippen LogP contribution in [0.3, 0.4) is 0 Å². The van der Waals surface area contributed by atoms with Crippen LogP contribution in [0.4, 0.5) is 0 Å². The fraction of sp³-hybridized carbons (Fsp3) is 0.875. The molecule has 2 rings (SSSR count). The molecule has 0 aromatic rings. The fourth-order valence-electron chi connectivity index (χ4n) is 4.36. The van der Waals surface area contributed by atoms with E-state index in [9.17, 15) is 0 Å². The molecule has 17 heavy (non-hydrogen) atoms. The van der Waals surface area contributed by atoms with Crippen LogP contribution < -0.4 is 0 Å². The number of fused-ring (bicyclic) bond motifs is 1. The molecular formula is C16H28O. The summed E-state index contributed by atoms with van der Waals surface area (Å²) in [5.41, 5.74) is 1.98. The molecule has 2 aliphatic rings. The van der Waals surface area contributed by atoms with Gasteiger partial charge in [-0.2, -0.15) is 0 Å². The quantitative estimate of drug-likeness (QED) is 0.638. The Hall–Kier alpha value is -0.300. The molecule has 1 nitrogen and oxygen atoms in total. The maximum Gasteiger partial charge on any atom is 0.0684 e. The Kier molecular flexibility index (Phi) is 3.42. The van der Waals surface area contributed by atoms with Gasteiger partial charge in [0.15, 0.2) is 0 Å². The van der Waals surface area contributed by atoms with E-state index < -0.39 is 0 Å². The first-order chi connectivity index (χ1) is 7.91. The largest absolute Gasteiger partial charge is 0.378 e. The summed E-state index contributed by atoms with van der Waals surface area (Å²) in [6.07, 6.45) is 7.92. The number of allylic oxidation sites excluding steroid dienone is 1. The fourth-order valence-corrected chi connectivity index (χ4v) is 4.36. The minimum Gasteiger partial charge on any atom is -0.378 e. The lowest BCUT2D eigenvalue weighted by molar-refractivity contribution is -0.141. The number of rotatable bonds is 2. The van der Waals surface area contributed by atoms with Crippen LogP contribution in [0, 0.1) is 17.3 Å². The first-order valence-corrected chi connectivity index (χ1v) is 7.12. The van der Waals surface area contributed by atoms with Crippen molar-refractivity contribution in [3.8, 4) is 0 Å². The van der Waals surface area contributed by atoms with E-state index in [4.69, 9.17) is 4.74 Å². The van der Waals surface area contributed by atoms with Crippen LogP contribution in [0.25, 0.3) is 0 Å². The van der Waals surface area contributed by atoms with Crippen LogP contribution >= 0.6 is 0 Å². The third-order valence-corrected chi connectivity index (χ3v) is 5.75.